The van der Waals surface area contributed by atoms with Crippen LogP contribution < -0.4 is 14.8 Å². The summed E-state index contributed by atoms with van der Waals surface area (Å²) in [6.45, 7) is 0.767. The minimum atomic E-state index is -0.0943. The number of rotatable bonds is 8. The molecule has 32 heavy (non-hydrogen) atoms. The predicted molar refractivity (Wildman–Crippen MR) is 134 cm³/mol. The highest BCUT2D eigenvalue weighted by Crippen LogP contribution is 2.32. The highest BCUT2D eigenvalue weighted by Gasteiger charge is 2.13. The molecule has 1 aromatic heterocycles. The zero-order valence-corrected chi connectivity index (χ0v) is 20.2. The van der Waals surface area contributed by atoms with E-state index in [9.17, 15) is 4.79 Å². The van der Waals surface area contributed by atoms with Crippen LogP contribution in [0.2, 0.25) is 0 Å². The molecule has 0 aliphatic rings. The maximum atomic E-state index is 12.6. The zero-order valence-electron chi connectivity index (χ0n) is 17.8. The number of para-hydroxylation sites is 1. The molecule has 0 aliphatic carbocycles. The highest BCUT2D eigenvalue weighted by atomic mass is 79.9. The van der Waals surface area contributed by atoms with Crippen molar-refractivity contribution < 1.29 is 14.3 Å². The summed E-state index contributed by atoms with van der Waals surface area (Å²) in [5, 5.41) is 4.07. The first-order chi connectivity index (χ1) is 15.6. The number of anilines is 1. The number of methoxy groups -OCH3 is 2. The number of nitrogens with one attached hydrogen (secondary N) is 1. The molecule has 0 unspecified atom stereocenters. The molecule has 164 valence electrons. The lowest BCUT2D eigenvalue weighted by Crippen LogP contribution is -2.14. The van der Waals surface area contributed by atoms with Gasteiger partial charge in [0.2, 0.25) is 5.91 Å². The van der Waals surface area contributed by atoms with Gasteiger partial charge in [0, 0.05) is 39.1 Å². The molecular formula is C25H23BrN2O3S. The largest absolute Gasteiger partial charge is 0.497 e. The maximum absolute atomic E-state index is 12.6. The van der Waals surface area contributed by atoms with Gasteiger partial charge in [0.25, 0.3) is 0 Å². The van der Waals surface area contributed by atoms with Crippen molar-refractivity contribution in [1.82, 2.24) is 4.57 Å². The Morgan fingerprint density at radius 3 is 2.56 bits per heavy atom. The molecule has 4 aromatic rings. The van der Waals surface area contributed by atoms with Crippen LogP contribution in [-0.4, -0.2) is 30.4 Å². The van der Waals surface area contributed by atoms with Gasteiger partial charge in [-0.05, 0) is 35.9 Å². The number of halogens is 1. The van der Waals surface area contributed by atoms with Crippen LogP contribution in [-0.2, 0) is 11.3 Å². The average Bonchev–Trinajstić information content (AvgIpc) is 3.17. The monoisotopic (exact) mass is 510 g/mol. The van der Waals surface area contributed by atoms with Crippen molar-refractivity contribution in [3.05, 3.63) is 83.0 Å². The molecular weight excluding hydrogens is 488 g/mol. The van der Waals surface area contributed by atoms with E-state index in [-0.39, 0.29) is 5.91 Å². The minimum absolute atomic E-state index is 0.0943. The summed E-state index contributed by atoms with van der Waals surface area (Å²) >= 11 is 5.01. The standard InChI is InChI=1S/C25H23BrN2O3S/c1-30-19-11-12-21(23(13-19)31-2)27-25(29)16-32-24-15-28(22-6-4-3-5-20(22)24)14-17-7-9-18(26)10-8-17/h3-13,15H,14,16H2,1-2H3,(H,27,29). The van der Waals surface area contributed by atoms with Crippen LogP contribution in [0.3, 0.4) is 0 Å². The summed E-state index contributed by atoms with van der Waals surface area (Å²) in [6.07, 6.45) is 2.12. The quantitative estimate of drug-likeness (QED) is 0.286. The smallest absolute Gasteiger partial charge is 0.234 e. The molecule has 4 rings (SSSR count). The number of carbonyl (C=O) groups excluding carboxylic acids is 1. The Kier molecular flexibility index (Phi) is 7.07. The summed E-state index contributed by atoms with van der Waals surface area (Å²) in [4.78, 5) is 13.7. The van der Waals surface area contributed by atoms with Crippen molar-refractivity contribution in [2.45, 2.75) is 11.4 Å². The molecule has 0 spiro atoms. The second-order valence-corrected chi connectivity index (χ2v) is 9.10. The van der Waals surface area contributed by atoms with E-state index in [0.29, 0.717) is 22.9 Å². The van der Waals surface area contributed by atoms with Crippen LogP contribution in [0.4, 0.5) is 5.69 Å². The molecule has 7 heteroatoms. The number of hydrogen-bond acceptors (Lipinski definition) is 4. The topological polar surface area (TPSA) is 52.5 Å². The van der Waals surface area contributed by atoms with E-state index in [1.165, 1.54) is 17.3 Å². The number of hydrogen-bond donors (Lipinski definition) is 1. The van der Waals surface area contributed by atoms with Crippen LogP contribution in [0.5, 0.6) is 11.5 Å². The second-order valence-electron chi connectivity index (χ2n) is 7.17. The molecule has 0 atom stereocenters. The van der Waals surface area contributed by atoms with Gasteiger partial charge >= 0.3 is 0 Å². The fourth-order valence-corrected chi connectivity index (χ4v) is 4.63. The van der Waals surface area contributed by atoms with E-state index < -0.39 is 0 Å². The summed E-state index contributed by atoms with van der Waals surface area (Å²) < 4.78 is 13.9. The molecule has 0 aliphatic heterocycles. The molecule has 5 nitrogen and oxygen atoms in total. The zero-order chi connectivity index (χ0) is 22.5. The van der Waals surface area contributed by atoms with Crippen LogP contribution in [0.1, 0.15) is 5.56 Å². The molecule has 0 saturated carbocycles. The number of amides is 1. The van der Waals surface area contributed by atoms with Crippen LogP contribution in [0.15, 0.2) is 82.3 Å². The van der Waals surface area contributed by atoms with Gasteiger partial charge in [-0.15, -0.1) is 11.8 Å². The lowest BCUT2D eigenvalue weighted by Gasteiger charge is -2.11. The SMILES string of the molecule is COc1ccc(NC(=O)CSc2cn(Cc3ccc(Br)cc3)c3ccccc23)c(OC)c1. The molecule has 0 saturated heterocycles. The third-order valence-corrected chi connectivity index (χ3v) is 6.63. The number of benzene rings is 3. The number of carbonyl (C=O) groups is 1. The number of fused-ring (bicyclic) bond motifs is 1. The van der Waals surface area contributed by atoms with Gasteiger partial charge in [-0.3, -0.25) is 4.79 Å². The first-order valence-corrected chi connectivity index (χ1v) is 11.8. The third-order valence-electron chi connectivity index (χ3n) is 5.06. The van der Waals surface area contributed by atoms with E-state index in [2.05, 4.69) is 68.4 Å². The van der Waals surface area contributed by atoms with Crippen molar-refractivity contribution in [2.24, 2.45) is 0 Å². The Hall–Kier alpha value is -2.90. The lowest BCUT2D eigenvalue weighted by molar-refractivity contribution is -0.113. The van der Waals surface area contributed by atoms with Gasteiger partial charge in [-0.1, -0.05) is 46.3 Å². The van der Waals surface area contributed by atoms with Crippen molar-refractivity contribution in [3.8, 4) is 11.5 Å². The average molecular weight is 511 g/mol. The molecule has 0 fully saturated rings. The minimum Gasteiger partial charge on any atom is -0.497 e. The Labute approximate surface area is 199 Å². The van der Waals surface area contributed by atoms with Crippen LogP contribution in [0.25, 0.3) is 10.9 Å². The van der Waals surface area contributed by atoms with Crippen molar-refractivity contribution in [2.75, 3.05) is 25.3 Å². The number of thioether (sulfide) groups is 1. The Bertz CT molecular complexity index is 1240. The fraction of sp³-hybridized carbons (Fsp3) is 0.160. The molecule has 0 bridgehead atoms. The number of ether oxygens (including phenoxy) is 2. The Morgan fingerprint density at radius 1 is 1.03 bits per heavy atom. The molecule has 3 aromatic carbocycles. The lowest BCUT2D eigenvalue weighted by atomic mass is 10.2. The van der Waals surface area contributed by atoms with Gasteiger partial charge in [0.15, 0.2) is 0 Å². The Morgan fingerprint density at radius 2 is 1.81 bits per heavy atom. The summed E-state index contributed by atoms with van der Waals surface area (Å²) in [7, 11) is 3.16. The molecule has 1 N–H and O–H groups in total. The van der Waals surface area contributed by atoms with Gasteiger partial charge in [0.05, 0.1) is 25.7 Å². The number of nitrogens with zero attached hydrogens (tertiary/aromatic N) is 1. The van der Waals surface area contributed by atoms with E-state index in [1.807, 2.05) is 12.1 Å². The summed E-state index contributed by atoms with van der Waals surface area (Å²) in [5.74, 6) is 1.44. The molecule has 0 radical (unpaired) electrons. The molecule has 1 heterocycles. The first-order valence-electron chi connectivity index (χ1n) is 10.0. The number of aromatic nitrogens is 1. The van der Waals surface area contributed by atoms with Crippen molar-refractivity contribution >= 4 is 50.2 Å². The van der Waals surface area contributed by atoms with Gasteiger partial charge < -0.3 is 19.4 Å². The predicted octanol–water partition coefficient (Wildman–Crippen LogP) is 6.20. The normalized spacial score (nSPS) is 10.8. The molecule has 1 amide bonds. The summed E-state index contributed by atoms with van der Waals surface area (Å²) in [5.41, 5.74) is 2.99. The summed E-state index contributed by atoms with van der Waals surface area (Å²) in [6, 6.07) is 21.9. The Balaban J connectivity index is 1.48. The second kappa shape index (κ2) is 10.1. The van der Waals surface area contributed by atoms with E-state index in [4.69, 9.17) is 9.47 Å². The van der Waals surface area contributed by atoms with Crippen molar-refractivity contribution in [1.29, 1.82) is 0 Å². The van der Waals surface area contributed by atoms with E-state index in [1.54, 1.807) is 32.4 Å². The van der Waals surface area contributed by atoms with Crippen LogP contribution in [0, 0.1) is 0 Å². The fourth-order valence-electron chi connectivity index (χ4n) is 3.48. The highest BCUT2D eigenvalue weighted by molar-refractivity contribution is 9.10. The van der Waals surface area contributed by atoms with Gasteiger partial charge in [-0.2, -0.15) is 0 Å². The maximum Gasteiger partial charge on any atom is 0.234 e. The van der Waals surface area contributed by atoms with E-state index in [0.717, 1.165) is 26.8 Å². The van der Waals surface area contributed by atoms with Gasteiger partial charge in [-0.25, -0.2) is 0 Å². The first kappa shape index (κ1) is 22.3. The van der Waals surface area contributed by atoms with E-state index >= 15 is 0 Å². The third kappa shape index (κ3) is 5.11. The van der Waals surface area contributed by atoms with Gasteiger partial charge in [0.1, 0.15) is 11.5 Å². The van der Waals surface area contributed by atoms with Crippen molar-refractivity contribution in [3.63, 3.8) is 0 Å². The van der Waals surface area contributed by atoms with Crippen LogP contribution >= 0.6 is 27.7 Å².